The Morgan fingerprint density at radius 2 is 1.66 bits per heavy atom. The van der Waals surface area contributed by atoms with E-state index in [0.717, 1.165) is 22.5 Å². The summed E-state index contributed by atoms with van der Waals surface area (Å²) in [5.74, 6) is 0.313. The van der Waals surface area contributed by atoms with Crippen molar-refractivity contribution in [3.63, 3.8) is 0 Å². The molecule has 178 valence electrons. The van der Waals surface area contributed by atoms with E-state index in [0.29, 0.717) is 5.92 Å². The van der Waals surface area contributed by atoms with Crippen molar-refractivity contribution in [3.05, 3.63) is 101 Å². The predicted molar refractivity (Wildman–Crippen MR) is 142 cm³/mol. The molecule has 35 heavy (non-hydrogen) atoms. The van der Waals surface area contributed by atoms with Gasteiger partial charge in [0, 0.05) is 12.6 Å². The van der Waals surface area contributed by atoms with Gasteiger partial charge in [-0.15, -0.1) is 5.53 Å². The van der Waals surface area contributed by atoms with Crippen LogP contribution in [-0.4, -0.2) is 24.2 Å². The number of hydrogen-bond acceptors (Lipinski definition) is 5. The third kappa shape index (κ3) is 5.14. The molecule has 1 saturated carbocycles. The SMILES string of the molecule is O=C(C=Cc1ccc(C(=C(c2ccccc2)C2CCC2)c2ccc3c(c2)NNN3)cc1)NCCO. The fourth-order valence-electron chi connectivity index (χ4n) is 4.63. The Morgan fingerprint density at radius 1 is 0.914 bits per heavy atom. The van der Waals surface area contributed by atoms with Crippen molar-refractivity contribution in [3.8, 4) is 0 Å². The van der Waals surface area contributed by atoms with E-state index in [-0.39, 0.29) is 19.1 Å². The number of anilines is 2. The van der Waals surface area contributed by atoms with Crippen LogP contribution in [0.4, 0.5) is 11.4 Å². The number of carbonyl (C=O) groups excluding carboxylic acids is 1. The van der Waals surface area contributed by atoms with Crippen molar-refractivity contribution in [2.45, 2.75) is 19.3 Å². The van der Waals surface area contributed by atoms with Crippen molar-refractivity contribution < 1.29 is 9.90 Å². The summed E-state index contributed by atoms with van der Waals surface area (Å²) in [7, 11) is 0. The number of hydrazine groups is 2. The summed E-state index contributed by atoms with van der Waals surface area (Å²) < 4.78 is 0. The number of rotatable bonds is 8. The van der Waals surface area contributed by atoms with Crippen molar-refractivity contribution in [2.24, 2.45) is 5.92 Å². The van der Waals surface area contributed by atoms with Gasteiger partial charge >= 0.3 is 0 Å². The van der Waals surface area contributed by atoms with E-state index < -0.39 is 0 Å². The summed E-state index contributed by atoms with van der Waals surface area (Å²) in [6.07, 6.45) is 6.95. The molecular formula is C29H30N4O2. The zero-order valence-electron chi connectivity index (χ0n) is 19.6. The maximum absolute atomic E-state index is 11.9. The van der Waals surface area contributed by atoms with Crippen LogP contribution in [0.5, 0.6) is 0 Å². The van der Waals surface area contributed by atoms with E-state index in [2.05, 4.69) is 82.4 Å². The zero-order chi connectivity index (χ0) is 24.0. The van der Waals surface area contributed by atoms with Crippen molar-refractivity contribution in [1.82, 2.24) is 10.9 Å². The molecule has 0 atom stereocenters. The van der Waals surface area contributed by atoms with Gasteiger partial charge in [-0.05, 0) is 70.4 Å². The Hall–Kier alpha value is -3.87. The lowest BCUT2D eigenvalue weighted by Gasteiger charge is -2.31. The second-order valence-corrected chi connectivity index (χ2v) is 8.89. The standard InChI is InChI=1S/C29H30N4O2/c34-18-17-30-27(35)16-11-20-9-12-23(13-10-20)29(24-14-15-25-26(19-24)32-33-31-25)28(22-7-4-8-22)21-5-2-1-3-6-21/h1-3,5-6,9-16,19,22,31-34H,4,7-8,17-18H2,(H,30,35). The highest BCUT2D eigenvalue weighted by atomic mass is 16.3. The molecule has 1 fully saturated rings. The van der Waals surface area contributed by atoms with Gasteiger partial charge in [0.2, 0.25) is 5.91 Å². The quantitative estimate of drug-likeness (QED) is 0.243. The number of aliphatic hydroxyl groups excluding tert-OH is 1. The van der Waals surface area contributed by atoms with E-state index in [1.165, 1.54) is 47.6 Å². The predicted octanol–water partition coefficient (Wildman–Crippen LogP) is 4.82. The molecular weight excluding hydrogens is 436 g/mol. The van der Waals surface area contributed by atoms with Crippen LogP contribution >= 0.6 is 0 Å². The van der Waals surface area contributed by atoms with E-state index in [1.54, 1.807) is 6.08 Å². The molecule has 0 spiro atoms. The molecule has 1 aliphatic heterocycles. The Kier molecular flexibility index (Phi) is 6.93. The summed E-state index contributed by atoms with van der Waals surface area (Å²) >= 11 is 0. The van der Waals surface area contributed by atoms with Gasteiger partial charge in [-0.3, -0.25) is 4.79 Å². The Labute approximate surface area is 205 Å². The van der Waals surface area contributed by atoms with E-state index in [1.807, 2.05) is 12.1 Å². The number of carbonyl (C=O) groups is 1. The van der Waals surface area contributed by atoms with Gasteiger partial charge in [0.15, 0.2) is 0 Å². The van der Waals surface area contributed by atoms with Gasteiger partial charge in [-0.1, -0.05) is 67.1 Å². The van der Waals surface area contributed by atoms with Crippen LogP contribution < -0.4 is 21.7 Å². The topological polar surface area (TPSA) is 85.4 Å². The number of fused-ring (bicyclic) bond motifs is 1. The lowest BCUT2D eigenvalue weighted by atomic mass is 9.73. The Bertz CT molecular complexity index is 1250. The van der Waals surface area contributed by atoms with Gasteiger partial charge < -0.3 is 21.3 Å². The summed E-state index contributed by atoms with van der Waals surface area (Å²) in [5, 5.41) is 11.5. The second kappa shape index (κ2) is 10.6. The highest BCUT2D eigenvalue weighted by Gasteiger charge is 2.27. The van der Waals surface area contributed by atoms with Gasteiger partial charge in [0.25, 0.3) is 0 Å². The Balaban J connectivity index is 1.57. The normalized spacial score (nSPS) is 15.6. The van der Waals surface area contributed by atoms with E-state index >= 15 is 0 Å². The first kappa shape index (κ1) is 22.9. The molecule has 0 bridgehead atoms. The van der Waals surface area contributed by atoms with Crippen molar-refractivity contribution >= 4 is 34.5 Å². The number of nitrogens with one attached hydrogen (secondary N) is 4. The van der Waals surface area contributed by atoms with Gasteiger partial charge in [-0.2, -0.15) is 0 Å². The number of benzene rings is 3. The molecule has 0 saturated heterocycles. The minimum atomic E-state index is -0.215. The average molecular weight is 467 g/mol. The number of amides is 1. The maximum atomic E-state index is 11.9. The first-order valence-corrected chi connectivity index (χ1v) is 12.1. The molecule has 6 nitrogen and oxygen atoms in total. The van der Waals surface area contributed by atoms with Crippen LogP contribution in [0.1, 0.15) is 41.5 Å². The van der Waals surface area contributed by atoms with Crippen LogP contribution in [0.25, 0.3) is 17.2 Å². The van der Waals surface area contributed by atoms with Gasteiger partial charge in [0.1, 0.15) is 0 Å². The lowest BCUT2D eigenvalue weighted by Crippen LogP contribution is -2.24. The van der Waals surface area contributed by atoms with Crippen LogP contribution in [0, 0.1) is 5.92 Å². The zero-order valence-corrected chi connectivity index (χ0v) is 19.6. The van der Waals surface area contributed by atoms with Crippen molar-refractivity contribution in [2.75, 3.05) is 24.0 Å². The summed E-state index contributed by atoms with van der Waals surface area (Å²) in [4.78, 5) is 11.9. The molecule has 3 aromatic carbocycles. The first-order chi connectivity index (χ1) is 17.2. The first-order valence-electron chi connectivity index (χ1n) is 12.1. The minimum Gasteiger partial charge on any atom is -0.395 e. The highest BCUT2D eigenvalue weighted by molar-refractivity contribution is 6.01. The number of hydrogen-bond donors (Lipinski definition) is 5. The molecule has 2 aliphatic rings. The van der Waals surface area contributed by atoms with Gasteiger partial charge in [-0.25, -0.2) is 0 Å². The molecule has 1 amide bonds. The van der Waals surface area contributed by atoms with E-state index in [9.17, 15) is 4.79 Å². The fraction of sp³-hybridized carbons (Fsp3) is 0.207. The van der Waals surface area contributed by atoms with Crippen molar-refractivity contribution in [1.29, 1.82) is 0 Å². The van der Waals surface area contributed by atoms with Gasteiger partial charge in [0.05, 0.1) is 18.0 Å². The number of allylic oxidation sites excluding steroid dienone is 1. The smallest absolute Gasteiger partial charge is 0.244 e. The summed E-state index contributed by atoms with van der Waals surface area (Å²) in [6, 6.07) is 25.5. The second-order valence-electron chi connectivity index (χ2n) is 8.89. The lowest BCUT2D eigenvalue weighted by molar-refractivity contribution is -0.116. The molecule has 5 rings (SSSR count). The summed E-state index contributed by atoms with van der Waals surface area (Å²) in [5.41, 5.74) is 18.5. The molecule has 6 heteroatoms. The largest absolute Gasteiger partial charge is 0.395 e. The third-order valence-electron chi connectivity index (χ3n) is 6.61. The van der Waals surface area contributed by atoms with Crippen LogP contribution in [0.3, 0.4) is 0 Å². The maximum Gasteiger partial charge on any atom is 0.244 e. The molecule has 0 unspecified atom stereocenters. The third-order valence-corrected chi connectivity index (χ3v) is 6.61. The molecule has 3 aromatic rings. The molecule has 1 aliphatic carbocycles. The average Bonchev–Trinajstić information content (AvgIpc) is 3.34. The van der Waals surface area contributed by atoms with Crippen LogP contribution in [0.2, 0.25) is 0 Å². The fourth-order valence-corrected chi connectivity index (χ4v) is 4.63. The van der Waals surface area contributed by atoms with Crippen LogP contribution in [0.15, 0.2) is 78.9 Å². The van der Waals surface area contributed by atoms with E-state index in [4.69, 9.17) is 5.11 Å². The molecule has 0 aromatic heterocycles. The molecule has 5 N–H and O–H groups in total. The Morgan fingerprint density at radius 3 is 2.37 bits per heavy atom. The summed E-state index contributed by atoms with van der Waals surface area (Å²) in [6.45, 7) is 0.179. The molecule has 1 heterocycles. The highest BCUT2D eigenvalue weighted by Crippen LogP contribution is 2.45. The molecule has 0 radical (unpaired) electrons. The monoisotopic (exact) mass is 466 g/mol. The van der Waals surface area contributed by atoms with Crippen LogP contribution in [-0.2, 0) is 4.79 Å². The number of aliphatic hydroxyl groups is 1. The minimum absolute atomic E-state index is 0.0710.